The highest BCUT2D eigenvalue weighted by Gasteiger charge is 2.26. The first-order chi connectivity index (χ1) is 11.9. The Kier molecular flexibility index (Phi) is 4.45. The lowest BCUT2D eigenvalue weighted by Gasteiger charge is -2.09. The molecule has 0 saturated carbocycles. The Hall–Kier alpha value is -2.87. The van der Waals surface area contributed by atoms with E-state index in [0.29, 0.717) is 11.2 Å². The molecule has 25 heavy (non-hydrogen) atoms. The minimum absolute atomic E-state index is 0.140. The highest BCUT2D eigenvalue weighted by molar-refractivity contribution is 7.91. The van der Waals surface area contributed by atoms with Crippen LogP contribution in [-0.4, -0.2) is 25.1 Å². The molecule has 2 aromatic carbocycles. The maximum atomic E-state index is 12.5. The smallest absolute Gasteiger partial charge is 0.320 e. The standard InChI is InChI=1S/C17H12F2N2O3S/c18-17(19)25(23,24)13-8-6-12(7-9-13)16(22)21-14-5-1-3-11-4-2-10-20-15(11)14/h1-10,17H,(H,21,22). The van der Waals surface area contributed by atoms with Crippen molar-refractivity contribution in [3.05, 3.63) is 66.4 Å². The van der Waals surface area contributed by atoms with Crippen molar-refractivity contribution >= 4 is 32.3 Å². The zero-order valence-corrected chi connectivity index (χ0v) is 13.5. The third kappa shape index (κ3) is 3.34. The van der Waals surface area contributed by atoms with Crippen LogP contribution in [0.1, 0.15) is 10.4 Å². The minimum atomic E-state index is -4.68. The summed E-state index contributed by atoms with van der Waals surface area (Å²) >= 11 is 0. The number of hydrogen-bond acceptors (Lipinski definition) is 4. The minimum Gasteiger partial charge on any atom is -0.320 e. The Balaban J connectivity index is 1.87. The number of nitrogens with zero attached hydrogens (tertiary/aromatic N) is 1. The third-order valence-corrected chi connectivity index (χ3v) is 4.96. The number of aromatic nitrogens is 1. The molecule has 1 aromatic heterocycles. The number of anilines is 1. The molecule has 128 valence electrons. The van der Waals surface area contributed by atoms with Crippen molar-refractivity contribution < 1.29 is 22.0 Å². The van der Waals surface area contributed by atoms with Gasteiger partial charge in [-0.2, -0.15) is 8.78 Å². The van der Waals surface area contributed by atoms with Gasteiger partial charge in [0.1, 0.15) is 0 Å². The molecule has 0 aliphatic carbocycles. The predicted molar refractivity (Wildman–Crippen MR) is 89.3 cm³/mol. The van der Waals surface area contributed by atoms with Crippen molar-refractivity contribution in [2.75, 3.05) is 5.32 Å². The van der Waals surface area contributed by atoms with Crippen molar-refractivity contribution in [3.8, 4) is 0 Å². The summed E-state index contributed by atoms with van der Waals surface area (Å²) < 4.78 is 47.8. The van der Waals surface area contributed by atoms with Gasteiger partial charge in [-0.3, -0.25) is 9.78 Å². The van der Waals surface area contributed by atoms with E-state index in [2.05, 4.69) is 10.3 Å². The van der Waals surface area contributed by atoms with Gasteiger partial charge in [0.15, 0.2) is 0 Å². The van der Waals surface area contributed by atoms with Crippen LogP contribution >= 0.6 is 0 Å². The van der Waals surface area contributed by atoms with Crippen molar-refractivity contribution in [1.82, 2.24) is 4.98 Å². The summed E-state index contributed by atoms with van der Waals surface area (Å²) in [6.45, 7) is 0. The second kappa shape index (κ2) is 6.56. The first-order valence-corrected chi connectivity index (χ1v) is 8.71. The van der Waals surface area contributed by atoms with Gasteiger partial charge < -0.3 is 5.32 Å². The average molecular weight is 362 g/mol. The van der Waals surface area contributed by atoms with E-state index in [1.165, 1.54) is 12.1 Å². The second-order valence-electron chi connectivity index (χ2n) is 5.16. The SMILES string of the molecule is O=C(Nc1cccc2cccnc12)c1ccc(S(=O)(=O)C(F)F)cc1. The van der Waals surface area contributed by atoms with Crippen LogP contribution in [0.2, 0.25) is 0 Å². The Morgan fingerprint density at radius 2 is 1.68 bits per heavy atom. The fourth-order valence-electron chi connectivity index (χ4n) is 2.30. The molecule has 1 heterocycles. The van der Waals surface area contributed by atoms with E-state index in [0.717, 1.165) is 17.5 Å². The molecule has 0 aliphatic heterocycles. The Labute approximate surface area is 142 Å². The molecule has 8 heteroatoms. The number of fused-ring (bicyclic) bond motifs is 1. The fraction of sp³-hybridized carbons (Fsp3) is 0.0588. The molecule has 0 spiro atoms. The van der Waals surface area contributed by atoms with Crippen LogP contribution in [0.3, 0.4) is 0 Å². The molecule has 0 radical (unpaired) electrons. The summed E-state index contributed by atoms with van der Waals surface area (Å²) in [4.78, 5) is 16.0. The molecule has 1 N–H and O–H groups in total. The Morgan fingerprint density at radius 1 is 1.00 bits per heavy atom. The highest BCUT2D eigenvalue weighted by Crippen LogP contribution is 2.22. The quantitative estimate of drug-likeness (QED) is 0.771. The van der Waals surface area contributed by atoms with Crippen LogP contribution in [0.4, 0.5) is 14.5 Å². The molecular weight excluding hydrogens is 350 g/mol. The van der Waals surface area contributed by atoms with E-state index in [-0.39, 0.29) is 5.56 Å². The van der Waals surface area contributed by atoms with Crippen LogP contribution in [0.25, 0.3) is 10.9 Å². The summed E-state index contributed by atoms with van der Waals surface area (Å²) in [5.41, 5.74) is 1.24. The molecule has 0 aliphatic rings. The van der Waals surface area contributed by atoms with Crippen molar-refractivity contribution in [3.63, 3.8) is 0 Å². The molecular formula is C17H12F2N2O3S. The van der Waals surface area contributed by atoms with Gasteiger partial charge in [0.05, 0.1) is 16.1 Å². The van der Waals surface area contributed by atoms with Crippen LogP contribution in [0.15, 0.2) is 65.7 Å². The monoisotopic (exact) mass is 362 g/mol. The van der Waals surface area contributed by atoms with Crippen molar-refractivity contribution in [1.29, 1.82) is 0 Å². The summed E-state index contributed by atoms with van der Waals surface area (Å²) in [5.74, 6) is -4.01. The number of carbonyl (C=O) groups excluding carboxylic acids is 1. The number of para-hydroxylation sites is 1. The molecule has 0 unspecified atom stereocenters. The Bertz CT molecular complexity index is 1030. The van der Waals surface area contributed by atoms with Crippen LogP contribution in [-0.2, 0) is 9.84 Å². The lowest BCUT2D eigenvalue weighted by Crippen LogP contribution is -2.14. The van der Waals surface area contributed by atoms with E-state index >= 15 is 0 Å². The largest absolute Gasteiger partial charge is 0.341 e. The van der Waals surface area contributed by atoms with Crippen molar-refractivity contribution in [2.45, 2.75) is 10.7 Å². The molecule has 0 saturated heterocycles. The number of sulfone groups is 1. The number of halogens is 2. The first kappa shape index (κ1) is 17.0. The number of carbonyl (C=O) groups is 1. The van der Waals surface area contributed by atoms with E-state index in [4.69, 9.17) is 0 Å². The van der Waals surface area contributed by atoms with Gasteiger partial charge in [0.25, 0.3) is 5.91 Å². The zero-order valence-electron chi connectivity index (χ0n) is 12.7. The third-order valence-electron chi connectivity index (χ3n) is 3.56. The molecule has 0 bridgehead atoms. The van der Waals surface area contributed by atoms with Crippen LogP contribution in [0, 0.1) is 0 Å². The van der Waals surface area contributed by atoms with E-state index in [1.54, 1.807) is 24.4 Å². The van der Waals surface area contributed by atoms with Gasteiger partial charge in [-0.15, -0.1) is 0 Å². The normalized spacial score (nSPS) is 11.6. The van der Waals surface area contributed by atoms with Gasteiger partial charge in [-0.05, 0) is 36.4 Å². The molecule has 3 rings (SSSR count). The summed E-state index contributed by atoms with van der Waals surface area (Å²) in [7, 11) is -4.68. The number of rotatable bonds is 4. The van der Waals surface area contributed by atoms with Gasteiger partial charge in [-0.25, -0.2) is 8.42 Å². The zero-order chi connectivity index (χ0) is 18.0. The molecule has 0 fully saturated rings. The first-order valence-electron chi connectivity index (χ1n) is 7.17. The van der Waals surface area contributed by atoms with E-state index in [9.17, 15) is 22.0 Å². The van der Waals surface area contributed by atoms with E-state index in [1.807, 2.05) is 12.1 Å². The molecule has 0 atom stereocenters. The van der Waals surface area contributed by atoms with Gasteiger partial charge >= 0.3 is 5.76 Å². The number of nitrogens with one attached hydrogen (secondary N) is 1. The maximum Gasteiger partial charge on any atom is 0.341 e. The van der Waals surface area contributed by atoms with Crippen LogP contribution < -0.4 is 5.32 Å². The average Bonchev–Trinajstić information content (AvgIpc) is 2.62. The van der Waals surface area contributed by atoms with Crippen LogP contribution in [0.5, 0.6) is 0 Å². The summed E-state index contributed by atoms with van der Waals surface area (Å²) in [6, 6.07) is 13.3. The number of hydrogen-bond donors (Lipinski definition) is 1. The summed E-state index contributed by atoms with van der Waals surface area (Å²) in [6.07, 6.45) is 1.60. The lowest BCUT2D eigenvalue weighted by molar-refractivity contribution is 0.102. The number of pyridine rings is 1. The lowest BCUT2D eigenvalue weighted by atomic mass is 10.1. The van der Waals surface area contributed by atoms with Gasteiger partial charge in [0.2, 0.25) is 9.84 Å². The number of alkyl halides is 2. The summed E-state index contributed by atoms with van der Waals surface area (Å²) in [5, 5.41) is 3.53. The molecule has 3 aromatic rings. The van der Waals surface area contributed by atoms with Gasteiger partial charge in [-0.1, -0.05) is 18.2 Å². The Morgan fingerprint density at radius 3 is 2.36 bits per heavy atom. The second-order valence-corrected chi connectivity index (χ2v) is 7.08. The predicted octanol–water partition coefficient (Wildman–Crippen LogP) is 3.48. The maximum absolute atomic E-state index is 12.5. The highest BCUT2D eigenvalue weighted by atomic mass is 32.2. The fourth-order valence-corrected chi connectivity index (χ4v) is 3.02. The number of amides is 1. The molecule has 1 amide bonds. The molecule has 5 nitrogen and oxygen atoms in total. The number of benzene rings is 2. The van der Waals surface area contributed by atoms with Gasteiger partial charge in [0, 0.05) is 17.1 Å². The van der Waals surface area contributed by atoms with Crippen molar-refractivity contribution in [2.24, 2.45) is 0 Å². The topological polar surface area (TPSA) is 76.1 Å². The van der Waals surface area contributed by atoms with E-state index < -0.39 is 26.4 Å².